The maximum Gasteiger partial charge on any atom is 0.0885 e. The standard InChI is InChI=1S/C18H29N5/c1-3-15(17(20)13(2)23-14-8-9-14)18(22-12-6-10-19)16-7-4-5-11-21-16/h4-5,7,11,13-14,23H,3,6,8-10,12,19-20H2,1-2H3. The Morgan fingerprint density at radius 2 is 2.22 bits per heavy atom. The lowest BCUT2D eigenvalue weighted by atomic mass is 9.99. The van der Waals surface area contributed by atoms with E-state index in [1.165, 1.54) is 12.8 Å². The molecule has 5 nitrogen and oxygen atoms in total. The first-order valence-electron chi connectivity index (χ1n) is 8.58. The number of aliphatic imine (C=N–C) groups is 1. The van der Waals surface area contributed by atoms with Crippen molar-refractivity contribution in [3.8, 4) is 0 Å². The molecule has 0 saturated heterocycles. The van der Waals surface area contributed by atoms with Crippen LogP contribution < -0.4 is 16.8 Å². The smallest absolute Gasteiger partial charge is 0.0885 e. The zero-order valence-electron chi connectivity index (χ0n) is 14.3. The molecule has 1 saturated carbocycles. The first-order valence-corrected chi connectivity index (χ1v) is 8.58. The summed E-state index contributed by atoms with van der Waals surface area (Å²) in [6.45, 7) is 5.58. The predicted molar refractivity (Wildman–Crippen MR) is 96.4 cm³/mol. The molecular formula is C18H29N5. The van der Waals surface area contributed by atoms with Gasteiger partial charge >= 0.3 is 0 Å². The van der Waals surface area contributed by atoms with Crippen LogP contribution in [0.1, 0.15) is 45.2 Å². The van der Waals surface area contributed by atoms with Crippen LogP contribution in [-0.4, -0.2) is 35.9 Å². The first kappa shape index (κ1) is 17.6. The van der Waals surface area contributed by atoms with E-state index in [-0.39, 0.29) is 6.04 Å². The highest BCUT2D eigenvalue weighted by molar-refractivity contribution is 6.11. The van der Waals surface area contributed by atoms with Crippen LogP contribution in [0.3, 0.4) is 0 Å². The number of pyridine rings is 1. The van der Waals surface area contributed by atoms with Crippen molar-refractivity contribution in [3.05, 3.63) is 41.4 Å². The molecule has 1 aliphatic rings. The van der Waals surface area contributed by atoms with Crippen molar-refractivity contribution in [2.75, 3.05) is 13.1 Å². The van der Waals surface area contributed by atoms with Crippen molar-refractivity contribution in [2.24, 2.45) is 16.5 Å². The van der Waals surface area contributed by atoms with Gasteiger partial charge in [0.1, 0.15) is 0 Å². The first-order chi connectivity index (χ1) is 11.2. The van der Waals surface area contributed by atoms with Gasteiger partial charge in [0, 0.05) is 30.5 Å². The van der Waals surface area contributed by atoms with E-state index in [1.54, 1.807) is 6.20 Å². The lowest BCUT2D eigenvalue weighted by Crippen LogP contribution is -2.35. The van der Waals surface area contributed by atoms with Crippen molar-refractivity contribution < 1.29 is 0 Å². The van der Waals surface area contributed by atoms with E-state index in [0.29, 0.717) is 19.1 Å². The maximum atomic E-state index is 6.47. The molecule has 1 aliphatic carbocycles. The summed E-state index contributed by atoms with van der Waals surface area (Å²) < 4.78 is 0. The Morgan fingerprint density at radius 1 is 1.43 bits per heavy atom. The van der Waals surface area contributed by atoms with Gasteiger partial charge in [0.2, 0.25) is 0 Å². The zero-order chi connectivity index (χ0) is 16.7. The Bertz CT molecular complexity index is 546. The fourth-order valence-corrected chi connectivity index (χ4v) is 2.58. The Labute approximate surface area is 139 Å². The minimum absolute atomic E-state index is 0.154. The molecule has 1 aromatic heterocycles. The van der Waals surface area contributed by atoms with Gasteiger partial charge in [-0.3, -0.25) is 9.98 Å². The quantitative estimate of drug-likeness (QED) is 0.480. The second kappa shape index (κ2) is 8.79. The Balaban J connectivity index is 2.31. The SMILES string of the molecule is CCC(C(=NCCCN)c1ccccn1)=C(N)C(C)NC1CC1. The van der Waals surface area contributed by atoms with Gasteiger partial charge in [-0.05, 0) is 56.9 Å². The van der Waals surface area contributed by atoms with Gasteiger partial charge in [-0.25, -0.2) is 0 Å². The monoisotopic (exact) mass is 315 g/mol. The molecule has 5 N–H and O–H groups in total. The van der Waals surface area contributed by atoms with Crippen LogP contribution in [0.5, 0.6) is 0 Å². The zero-order valence-corrected chi connectivity index (χ0v) is 14.3. The number of hydrogen-bond acceptors (Lipinski definition) is 5. The highest BCUT2D eigenvalue weighted by Gasteiger charge is 2.25. The molecule has 0 radical (unpaired) electrons. The number of nitrogens with two attached hydrogens (primary N) is 2. The summed E-state index contributed by atoms with van der Waals surface area (Å²) in [6, 6.07) is 6.66. The summed E-state index contributed by atoms with van der Waals surface area (Å²) in [5.74, 6) is 0. The Morgan fingerprint density at radius 3 is 2.78 bits per heavy atom. The van der Waals surface area contributed by atoms with Crippen molar-refractivity contribution in [1.29, 1.82) is 0 Å². The van der Waals surface area contributed by atoms with Gasteiger partial charge in [0.05, 0.1) is 11.4 Å². The van der Waals surface area contributed by atoms with Gasteiger partial charge in [-0.2, -0.15) is 0 Å². The minimum atomic E-state index is 0.154. The highest BCUT2D eigenvalue weighted by Crippen LogP contribution is 2.22. The fraction of sp³-hybridized carbons (Fsp3) is 0.556. The number of allylic oxidation sites excluding steroid dienone is 1. The average Bonchev–Trinajstić information content (AvgIpc) is 3.38. The van der Waals surface area contributed by atoms with Gasteiger partial charge in [0.15, 0.2) is 0 Å². The summed E-state index contributed by atoms with van der Waals surface area (Å²) in [5.41, 5.74) is 15.8. The number of hydrogen-bond donors (Lipinski definition) is 3. The van der Waals surface area contributed by atoms with Crippen LogP contribution in [0.25, 0.3) is 0 Å². The van der Waals surface area contributed by atoms with Crippen LogP contribution in [0, 0.1) is 0 Å². The normalized spacial score (nSPS) is 17.8. The average molecular weight is 315 g/mol. The molecule has 0 amide bonds. The molecule has 0 aromatic carbocycles. The Hall–Kier alpha value is -1.72. The van der Waals surface area contributed by atoms with E-state index in [1.807, 2.05) is 18.2 Å². The van der Waals surface area contributed by atoms with Crippen LogP contribution in [-0.2, 0) is 0 Å². The fourth-order valence-electron chi connectivity index (χ4n) is 2.58. The molecule has 0 aliphatic heterocycles. The van der Waals surface area contributed by atoms with Gasteiger partial charge < -0.3 is 16.8 Å². The van der Waals surface area contributed by atoms with E-state index >= 15 is 0 Å². The summed E-state index contributed by atoms with van der Waals surface area (Å²) in [4.78, 5) is 9.23. The van der Waals surface area contributed by atoms with E-state index < -0.39 is 0 Å². The second-order valence-electron chi connectivity index (χ2n) is 6.04. The molecule has 1 atom stereocenters. The van der Waals surface area contributed by atoms with Crippen LogP contribution in [0.15, 0.2) is 40.7 Å². The van der Waals surface area contributed by atoms with E-state index in [4.69, 9.17) is 16.5 Å². The van der Waals surface area contributed by atoms with E-state index in [9.17, 15) is 0 Å². The topological polar surface area (TPSA) is 89.3 Å². The van der Waals surface area contributed by atoms with Crippen molar-refractivity contribution in [1.82, 2.24) is 10.3 Å². The Kier molecular flexibility index (Phi) is 6.74. The van der Waals surface area contributed by atoms with Crippen LogP contribution in [0.4, 0.5) is 0 Å². The summed E-state index contributed by atoms with van der Waals surface area (Å²) in [7, 11) is 0. The van der Waals surface area contributed by atoms with Crippen molar-refractivity contribution >= 4 is 5.71 Å². The van der Waals surface area contributed by atoms with Gasteiger partial charge in [0.25, 0.3) is 0 Å². The van der Waals surface area contributed by atoms with E-state index in [0.717, 1.165) is 35.5 Å². The summed E-state index contributed by atoms with van der Waals surface area (Å²) >= 11 is 0. The van der Waals surface area contributed by atoms with Crippen LogP contribution in [0.2, 0.25) is 0 Å². The second-order valence-corrected chi connectivity index (χ2v) is 6.04. The van der Waals surface area contributed by atoms with Gasteiger partial charge in [-0.15, -0.1) is 0 Å². The molecule has 5 heteroatoms. The van der Waals surface area contributed by atoms with E-state index in [2.05, 4.69) is 24.1 Å². The van der Waals surface area contributed by atoms with Crippen molar-refractivity contribution in [2.45, 2.75) is 51.6 Å². The maximum absolute atomic E-state index is 6.47. The lowest BCUT2D eigenvalue weighted by Gasteiger charge is -2.19. The molecule has 0 bridgehead atoms. The summed E-state index contributed by atoms with van der Waals surface area (Å²) in [6.07, 6.45) is 5.99. The third-order valence-corrected chi connectivity index (χ3v) is 4.06. The molecule has 1 heterocycles. The predicted octanol–water partition coefficient (Wildman–Crippen LogP) is 1.98. The molecule has 23 heavy (non-hydrogen) atoms. The number of rotatable bonds is 9. The number of nitrogens with zero attached hydrogens (tertiary/aromatic N) is 2. The number of nitrogens with one attached hydrogen (secondary N) is 1. The van der Waals surface area contributed by atoms with Crippen molar-refractivity contribution in [3.63, 3.8) is 0 Å². The molecule has 0 spiro atoms. The highest BCUT2D eigenvalue weighted by atomic mass is 15.0. The molecule has 1 fully saturated rings. The minimum Gasteiger partial charge on any atom is -0.400 e. The van der Waals surface area contributed by atoms with Crippen LogP contribution >= 0.6 is 0 Å². The molecular weight excluding hydrogens is 286 g/mol. The molecule has 1 aromatic rings. The lowest BCUT2D eigenvalue weighted by molar-refractivity contribution is 0.596. The van der Waals surface area contributed by atoms with Gasteiger partial charge in [-0.1, -0.05) is 13.0 Å². The third-order valence-electron chi connectivity index (χ3n) is 4.06. The number of aromatic nitrogens is 1. The summed E-state index contributed by atoms with van der Waals surface area (Å²) in [5, 5.41) is 3.56. The largest absolute Gasteiger partial charge is 0.400 e. The molecule has 126 valence electrons. The molecule has 1 unspecified atom stereocenters. The molecule has 2 rings (SSSR count). The third kappa shape index (κ3) is 5.15.